The van der Waals surface area contributed by atoms with Gasteiger partial charge in [0.15, 0.2) is 0 Å². The van der Waals surface area contributed by atoms with Crippen LogP contribution in [0.25, 0.3) is 10.2 Å². The summed E-state index contributed by atoms with van der Waals surface area (Å²) in [5.41, 5.74) is 0.506. The summed E-state index contributed by atoms with van der Waals surface area (Å²) in [6.07, 6.45) is 0. The number of amides is 1. The van der Waals surface area contributed by atoms with Gasteiger partial charge in [0.1, 0.15) is 11.2 Å². The summed E-state index contributed by atoms with van der Waals surface area (Å²) < 4.78 is 1.96. The van der Waals surface area contributed by atoms with Gasteiger partial charge in [-0.25, -0.2) is 4.98 Å². The van der Waals surface area contributed by atoms with Crippen molar-refractivity contribution in [1.29, 1.82) is 0 Å². The van der Waals surface area contributed by atoms with Crippen molar-refractivity contribution >= 4 is 33.4 Å². The van der Waals surface area contributed by atoms with E-state index in [1.165, 1.54) is 15.9 Å². The van der Waals surface area contributed by atoms with Gasteiger partial charge in [-0.2, -0.15) is 0 Å². The Kier molecular flexibility index (Phi) is 1.33. The molecule has 0 fully saturated rings. The highest BCUT2D eigenvalue weighted by atomic mass is 32.1. The van der Waals surface area contributed by atoms with Crippen LogP contribution in [-0.4, -0.2) is 15.5 Å². The molecule has 6 heteroatoms. The first-order valence-electron chi connectivity index (χ1n) is 4.03. The second-order valence-corrected chi connectivity index (χ2v) is 3.93. The van der Waals surface area contributed by atoms with Gasteiger partial charge in [-0.3, -0.25) is 19.5 Å². The Labute approximate surface area is 82.0 Å². The number of hydrogen-bond donors (Lipinski definition) is 1. The molecule has 1 aliphatic heterocycles. The summed E-state index contributed by atoms with van der Waals surface area (Å²) in [6.45, 7) is 0.0784. The van der Waals surface area contributed by atoms with E-state index in [-0.39, 0.29) is 18.0 Å². The third-order valence-corrected chi connectivity index (χ3v) is 3.01. The van der Waals surface area contributed by atoms with Crippen LogP contribution in [0, 0.1) is 0 Å². The fourth-order valence-corrected chi connectivity index (χ4v) is 2.27. The van der Waals surface area contributed by atoms with Gasteiger partial charge in [0.05, 0.1) is 5.52 Å². The molecule has 0 saturated carbocycles. The van der Waals surface area contributed by atoms with Crippen LogP contribution in [0.2, 0.25) is 0 Å². The summed E-state index contributed by atoms with van der Waals surface area (Å²) in [7, 11) is 0. The molecule has 0 atom stereocenters. The zero-order chi connectivity index (χ0) is 9.71. The lowest BCUT2D eigenvalue weighted by molar-refractivity contribution is -0.115. The number of carbonyl (C=O) groups excluding carboxylic acids is 1. The molecule has 0 radical (unpaired) electrons. The zero-order valence-corrected chi connectivity index (χ0v) is 7.80. The molecule has 14 heavy (non-hydrogen) atoms. The van der Waals surface area contributed by atoms with E-state index in [1.54, 1.807) is 6.07 Å². The van der Waals surface area contributed by atoms with Crippen molar-refractivity contribution in [1.82, 2.24) is 9.55 Å². The standard InChI is InChI=1S/C8H5N3O2S/c12-5-3-11-7(13)6-4(1-2-14-6)9-8(11)10-5/h1-2H,3H2,(H,9,10,12). The van der Waals surface area contributed by atoms with Crippen LogP contribution in [-0.2, 0) is 11.3 Å². The molecule has 5 nitrogen and oxygen atoms in total. The monoisotopic (exact) mass is 207 g/mol. The first-order valence-corrected chi connectivity index (χ1v) is 4.91. The van der Waals surface area contributed by atoms with Crippen LogP contribution in [0.4, 0.5) is 5.95 Å². The van der Waals surface area contributed by atoms with Gasteiger partial charge >= 0.3 is 0 Å². The quantitative estimate of drug-likeness (QED) is 0.680. The Balaban J connectivity index is 2.46. The molecule has 2 aromatic rings. The minimum Gasteiger partial charge on any atom is -0.294 e. The maximum atomic E-state index is 11.8. The van der Waals surface area contributed by atoms with Gasteiger partial charge in [-0.05, 0) is 11.4 Å². The normalized spacial score (nSPS) is 14.4. The molecule has 0 saturated heterocycles. The molecule has 0 spiro atoms. The maximum Gasteiger partial charge on any atom is 0.273 e. The SMILES string of the molecule is O=C1Cn2c(nc3ccsc3c2=O)N1. The molecule has 2 aromatic heterocycles. The molecule has 1 N–H and O–H groups in total. The highest BCUT2D eigenvalue weighted by molar-refractivity contribution is 7.17. The van der Waals surface area contributed by atoms with Crippen molar-refractivity contribution in [2.75, 3.05) is 5.32 Å². The second kappa shape index (κ2) is 2.42. The van der Waals surface area contributed by atoms with Crippen LogP contribution in [0.15, 0.2) is 16.2 Å². The minimum atomic E-state index is -0.188. The zero-order valence-electron chi connectivity index (χ0n) is 6.98. The fourth-order valence-electron chi connectivity index (χ4n) is 1.49. The first kappa shape index (κ1) is 7.69. The van der Waals surface area contributed by atoms with Crippen LogP contribution in [0.3, 0.4) is 0 Å². The molecule has 0 aromatic carbocycles. The van der Waals surface area contributed by atoms with Gasteiger partial charge in [-0.15, -0.1) is 11.3 Å². The number of thiophene rings is 1. The molecule has 3 rings (SSSR count). The topological polar surface area (TPSA) is 64.0 Å². The molecule has 3 heterocycles. The number of fused-ring (bicyclic) bond motifs is 2. The Hall–Kier alpha value is -1.69. The van der Waals surface area contributed by atoms with Crippen LogP contribution in [0.5, 0.6) is 0 Å². The van der Waals surface area contributed by atoms with Crippen LogP contribution in [0.1, 0.15) is 0 Å². The molecule has 70 valence electrons. The third-order valence-electron chi connectivity index (χ3n) is 2.12. The summed E-state index contributed by atoms with van der Waals surface area (Å²) in [6, 6.07) is 1.77. The molecule has 0 unspecified atom stereocenters. The van der Waals surface area contributed by atoms with Gasteiger partial charge in [0.2, 0.25) is 11.9 Å². The highest BCUT2D eigenvalue weighted by Gasteiger charge is 2.21. The van der Waals surface area contributed by atoms with E-state index in [0.29, 0.717) is 16.2 Å². The predicted octanol–water partition coefficient (Wildman–Crippen LogP) is 0.410. The summed E-state index contributed by atoms with van der Waals surface area (Å²) >= 11 is 1.35. The van der Waals surface area contributed by atoms with E-state index in [1.807, 2.05) is 5.38 Å². The summed E-state index contributed by atoms with van der Waals surface area (Å²) in [5.74, 6) is 0.165. The van der Waals surface area contributed by atoms with E-state index in [0.717, 1.165) is 0 Å². The van der Waals surface area contributed by atoms with E-state index in [9.17, 15) is 9.59 Å². The Morgan fingerprint density at radius 1 is 1.50 bits per heavy atom. The Morgan fingerprint density at radius 3 is 3.21 bits per heavy atom. The summed E-state index contributed by atoms with van der Waals surface area (Å²) in [4.78, 5) is 27.0. The van der Waals surface area contributed by atoms with Crippen LogP contribution >= 0.6 is 11.3 Å². The molecule has 1 aliphatic rings. The van der Waals surface area contributed by atoms with Crippen molar-refractivity contribution in [3.05, 3.63) is 21.8 Å². The lowest BCUT2D eigenvalue weighted by Gasteiger charge is -1.98. The fraction of sp³-hybridized carbons (Fsp3) is 0.125. The number of hydrogen-bond acceptors (Lipinski definition) is 4. The number of anilines is 1. The van der Waals surface area contributed by atoms with E-state index < -0.39 is 0 Å². The van der Waals surface area contributed by atoms with Gasteiger partial charge in [0.25, 0.3) is 5.56 Å². The number of carbonyl (C=O) groups is 1. The molecule has 0 bridgehead atoms. The largest absolute Gasteiger partial charge is 0.294 e. The van der Waals surface area contributed by atoms with Gasteiger partial charge in [0, 0.05) is 0 Å². The van der Waals surface area contributed by atoms with E-state index >= 15 is 0 Å². The van der Waals surface area contributed by atoms with Crippen LogP contribution < -0.4 is 10.9 Å². The van der Waals surface area contributed by atoms with E-state index in [4.69, 9.17) is 0 Å². The van der Waals surface area contributed by atoms with Crippen molar-refractivity contribution in [3.63, 3.8) is 0 Å². The highest BCUT2D eigenvalue weighted by Crippen LogP contribution is 2.18. The average Bonchev–Trinajstić information content (AvgIpc) is 2.71. The molecular formula is C8H5N3O2S. The van der Waals surface area contributed by atoms with Crippen molar-refractivity contribution < 1.29 is 4.79 Å². The predicted molar refractivity (Wildman–Crippen MR) is 52.5 cm³/mol. The number of aromatic nitrogens is 2. The number of nitrogens with one attached hydrogen (secondary N) is 1. The minimum absolute atomic E-state index is 0.0784. The van der Waals surface area contributed by atoms with Gasteiger partial charge < -0.3 is 0 Å². The smallest absolute Gasteiger partial charge is 0.273 e. The van der Waals surface area contributed by atoms with E-state index in [2.05, 4.69) is 10.3 Å². The van der Waals surface area contributed by atoms with Crippen molar-refractivity contribution in [2.24, 2.45) is 0 Å². The Morgan fingerprint density at radius 2 is 2.36 bits per heavy atom. The molecular weight excluding hydrogens is 202 g/mol. The lowest BCUT2D eigenvalue weighted by atomic mass is 10.4. The maximum absolute atomic E-state index is 11.8. The summed E-state index contributed by atoms with van der Waals surface area (Å²) in [5, 5.41) is 4.35. The van der Waals surface area contributed by atoms with Gasteiger partial charge in [-0.1, -0.05) is 0 Å². The van der Waals surface area contributed by atoms with Crippen molar-refractivity contribution in [3.8, 4) is 0 Å². The third kappa shape index (κ3) is 0.856. The number of rotatable bonds is 0. The first-order chi connectivity index (χ1) is 6.75. The Bertz CT molecular complexity index is 598. The lowest BCUT2D eigenvalue weighted by Crippen LogP contribution is -2.18. The number of nitrogens with zero attached hydrogens (tertiary/aromatic N) is 2. The average molecular weight is 207 g/mol. The molecule has 1 amide bonds. The molecule has 0 aliphatic carbocycles. The van der Waals surface area contributed by atoms with Crippen molar-refractivity contribution in [2.45, 2.75) is 6.54 Å². The second-order valence-electron chi connectivity index (χ2n) is 3.01.